The highest BCUT2D eigenvalue weighted by Crippen LogP contribution is 2.26. The Labute approximate surface area is 106 Å². The third-order valence-corrected chi connectivity index (χ3v) is 3.07. The van der Waals surface area contributed by atoms with Crippen LogP contribution >= 0.6 is 11.6 Å². The number of anilines is 1. The van der Waals surface area contributed by atoms with Gasteiger partial charge in [0.2, 0.25) is 0 Å². The number of nitrogen functional groups attached to an aromatic ring is 1. The summed E-state index contributed by atoms with van der Waals surface area (Å²) in [4.78, 5) is 4.41. The summed E-state index contributed by atoms with van der Waals surface area (Å²) in [6.45, 7) is 3.35. The monoisotopic (exact) mass is 248 g/mol. The van der Waals surface area contributed by atoms with E-state index >= 15 is 0 Å². The minimum atomic E-state index is -1.05. The average molecular weight is 249 g/mol. The van der Waals surface area contributed by atoms with E-state index in [0.29, 0.717) is 16.4 Å². The first-order valence-corrected chi connectivity index (χ1v) is 5.76. The fourth-order valence-corrected chi connectivity index (χ4v) is 2.05. The molecule has 0 saturated heterocycles. The molecule has 1 heterocycles. The maximum Gasteiger partial charge on any atom is 0.143 e. The van der Waals surface area contributed by atoms with Gasteiger partial charge in [-0.25, -0.2) is 4.98 Å². The van der Waals surface area contributed by atoms with Crippen LogP contribution in [0.3, 0.4) is 0 Å². The Morgan fingerprint density at radius 3 is 2.65 bits per heavy atom. The van der Waals surface area contributed by atoms with Crippen molar-refractivity contribution in [2.75, 3.05) is 5.73 Å². The van der Waals surface area contributed by atoms with Crippen LogP contribution in [0.2, 0.25) is 5.02 Å². The molecular formula is C12H14BClN2O. The second-order valence-corrected chi connectivity index (χ2v) is 5.16. The topological polar surface area (TPSA) is 59.1 Å². The second-order valence-electron chi connectivity index (χ2n) is 4.72. The third kappa shape index (κ3) is 2.10. The Morgan fingerprint density at radius 1 is 1.41 bits per heavy atom. The Bertz CT molecular complexity index is 593. The number of nitrogens with two attached hydrogens (primary N) is 1. The van der Waals surface area contributed by atoms with E-state index in [9.17, 15) is 5.11 Å². The lowest BCUT2D eigenvalue weighted by Gasteiger charge is -2.21. The molecule has 0 spiro atoms. The molecule has 1 aromatic heterocycles. The van der Waals surface area contributed by atoms with Crippen molar-refractivity contribution in [1.82, 2.24) is 4.98 Å². The summed E-state index contributed by atoms with van der Waals surface area (Å²) in [5.74, 6) is 0. The SMILES string of the molecule is Bc1c(N)c(C(C)(C)O)nc2ccc(Cl)cc12. The predicted octanol–water partition coefficient (Wildman–Crippen LogP) is 0.956. The Balaban J connectivity index is 2.85. The molecule has 88 valence electrons. The van der Waals surface area contributed by atoms with Crippen molar-refractivity contribution >= 4 is 41.5 Å². The van der Waals surface area contributed by atoms with Crippen LogP contribution in [0.1, 0.15) is 19.5 Å². The van der Waals surface area contributed by atoms with Crippen LogP contribution in [0, 0.1) is 0 Å². The molecule has 0 fully saturated rings. The number of hydrogen-bond acceptors (Lipinski definition) is 3. The maximum atomic E-state index is 10.0. The molecule has 0 atom stereocenters. The van der Waals surface area contributed by atoms with Crippen LogP contribution in [-0.4, -0.2) is 17.9 Å². The van der Waals surface area contributed by atoms with Gasteiger partial charge in [0, 0.05) is 5.02 Å². The average Bonchev–Trinajstić information content (AvgIpc) is 2.22. The lowest BCUT2D eigenvalue weighted by molar-refractivity contribution is 0.0751. The number of nitrogens with zero attached hydrogens (tertiary/aromatic N) is 1. The third-order valence-electron chi connectivity index (χ3n) is 2.83. The van der Waals surface area contributed by atoms with Crippen molar-refractivity contribution in [1.29, 1.82) is 0 Å². The molecule has 17 heavy (non-hydrogen) atoms. The maximum absolute atomic E-state index is 10.0. The first-order valence-electron chi connectivity index (χ1n) is 5.39. The summed E-state index contributed by atoms with van der Waals surface area (Å²) in [6.07, 6.45) is 0. The van der Waals surface area contributed by atoms with Crippen molar-refractivity contribution in [3.8, 4) is 0 Å². The quantitative estimate of drug-likeness (QED) is 0.739. The van der Waals surface area contributed by atoms with E-state index in [0.717, 1.165) is 16.4 Å². The highest BCUT2D eigenvalue weighted by Gasteiger charge is 2.23. The molecule has 0 amide bonds. The predicted molar refractivity (Wildman–Crippen MR) is 74.6 cm³/mol. The minimum absolute atomic E-state index is 0.504. The number of hydrogen-bond donors (Lipinski definition) is 2. The number of fused-ring (bicyclic) bond motifs is 1. The number of rotatable bonds is 1. The molecule has 3 N–H and O–H groups in total. The van der Waals surface area contributed by atoms with Gasteiger partial charge in [0.1, 0.15) is 13.4 Å². The van der Waals surface area contributed by atoms with Gasteiger partial charge in [0.25, 0.3) is 0 Å². The molecule has 3 nitrogen and oxygen atoms in total. The van der Waals surface area contributed by atoms with E-state index in [1.165, 1.54) is 0 Å². The first kappa shape index (κ1) is 12.2. The summed E-state index contributed by atoms with van der Waals surface area (Å²) in [6, 6.07) is 5.45. The summed E-state index contributed by atoms with van der Waals surface area (Å²) in [5, 5.41) is 11.6. The largest absolute Gasteiger partial charge is 0.398 e. The fourth-order valence-electron chi connectivity index (χ4n) is 1.88. The summed E-state index contributed by atoms with van der Waals surface area (Å²) < 4.78 is 0. The number of halogens is 1. The fraction of sp³-hybridized carbons (Fsp3) is 0.250. The molecule has 0 saturated carbocycles. The zero-order valence-electron chi connectivity index (χ0n) is 10.1. The Morgan fingerprint density at radius 2 is 2.06 bits per heavy atom. The molecule has 0 bridgehead atoms. The van der Waals surface area contributed by atoms with Crippen molar-refractivity contribution in [3.63, 3.8) is 0 Å². The van der Waals surface area contributed by atoms with Gasteiger partial charge >= 0.3 is 0 Å². The number of benzene rings is 1. The van der Waals surface area contributed by atoms with E-state index < -0.39 is 5.60 Å². The van der Waals surface area contributed by atoms with Gasteiger partial charge in [-0.05, 0) is 37.4 Å². The lowest BCUT2D eigenvalue weighted by Crippen LogP contribution is -2.25. The molecule has 0 aliphatic carbocycles. The van der Waals surface area contributed by atoms with Gasteiger partial charge < -0.3 is 10.8 Å². The number of pyridine rings is 1. The highest BCUT2D eigenvalue weighted by atomic mass is 35.5. The van der Waals surface area contributed by atoms with E-state index in [1.54, 1.807) is 19.9 Å². The van der Waals surface area contributed by atoms with Gasteiger partial charge in [-0.2, -0.15) is 0 Å². The normalized spacial score (nSPS) is 12.0. The molecule has 2 aromatic rings. The Kier molecular flexibility index (Phi) is 2.80. The minimum Gasteiger partial charge on any atom is -0.398 e. The second kappa shape index (κ2) is 3.89. The number of aliphatic hydroxyl groups is 1. The smallest absolute Gasteiger partial charge is 0.143 e. The van der Waals surface area contributed by atoms with Gasteiger partial charge in [-0.1, -0.05) is 17.1 Å². The van der Waals surface area contributed by atoms with Gasteiger partial charge in [0.15, 0.2) is 0 Å². The van der Waals surface area contributed by atoms with Gasteiger partial charge in [-0.3, -0.25) is 0 Å². The molecule has 0 radical (unpaired) electrons. The molecule has 2 rings (SSSR count). The molecule has 0 unspecified atom stereocenters. The van der Waals surface area contributed by atoms with E-state index in [1.807, 2.05) is 20.0 Å². The van der Waals surface area contributed by atoms with Crippen molar-refractivity contribution < 1.29 is 5.11 Å². The van der Waals surface area contributed by atoms with Crippen LogP contribution in [0.15, 0.2) is 18.2 Å². The summed E-state index contributed by atoms with van der Waals surface area (Å²) in [5.41, 5.74) is 7.68. The lowest BCUT2D eigenvalue weighted by atomic mass is 9.86. The standard InChI is InChI=1S/C12H14BClN2O/c1-12(2,17)11-10(15)9(13)7-5-6(14)3-4-8(7)16-11/h3-5,17H,13,15H2,1-2H3. The first-order chi connectivity index (χ1) is 7.80. The van der Waals surface area contributed by atoms with Crippen LogP contribution in [0.25, 0.3) is 10.9 Å². The summed E-state index contributed by atoms with van der Waals surface area (Å²) in [7, 11) is 1.91. The van der Waals surface area contributed by atoms with Crippen molar-refractivity contribution in [3.05, 3.63) is 28.9 Å². The van der Waals surface area contributed by atoms with Crippen molar-refractivity contribution in [2.45, 2.75) is 19.4 Å². The number of aromatic nitrogens is 1. The Hall–Kier alpha value is -1.26. The molecule has 0 aliphatic rings. The van der Waals surface area contributed by atoms with E-state index in [4.69, 9.17) is 17.3 Å². The highest BCUT2D eigenvalue weighted by molar-refractivity contribution is 6.42. The van der Waals surface area contributed by atoms with Crippen molar-refractivity contribution in [2.24, 2.45) is 0 Å². The van der Waals surface area contributed by atoms with Crippen LogP contribution in [0.4, 0.5) is 5.69 Å². The zero-order valence-corrected chi connectivity index (χ0v) is 10.8. The molecule has 5 heteroatoms. The van der Waals surface area contributed by atoms with E-state index in [2.05, 4.69) is 4.98 Å². The molecular weight excluding hydrogens is 234 g/mol. The van der Waals surface area contributed by atoms with E-state index in [-0.39, 0.29) is 0 Å². The van der Waals surface area contributed by atoms with Crippen LogP contribution in [0.5, 0.6) is 0 Å². The van der Waals surface area contributed by atoms with Crippen LogP contribution in [-0.2, 0) is 5.60 Å². The van der Waals surface area contributed by atoms with Gasteiger partial charge in [0.05, 0.1) is 16.9 Å². The summed E-state index contributed by atoms with van der Waals surface area (Å²) >= 11 is 5.95. The van der Waals surface area contributed by atoms with Crippen LogP contribution < -0.4 is 11.2 Å². The van der Waals surface area contributed by atoms with Gasteiger partial charge in [-0.15, -0.1) is 0 Å². The zero-order chi connectivity index (χ0) is 12.8. The molecule has 0 aliphatic heterocycles. The molecule has 1 aromatic carbocycles.